The van der Waals surface area contributed by atoms with Crippen LogP contribution >= 0.6 is 0 Å². The smallest absolute Gasteiger partial charge is 0.215 e. The van der Waals surface area contributed by atoms with E-state index in [1.54, 1.807) is 24.4 Å². The van der Waals surface area contributed by atoms with Crippen LogP contribution in [0.3, 0.4) is 0 Å². The first kappa shape index (κ1) is 14.5. The molecule has 0 aliphatic carbocycles. The number of aromatic nitrogens is 2. The third-order valence-electron chi connectivity index (χ3n) is 3.60. The lowest BCUT2D eigenvalue weighted by molar-refractivity contribution is 0.103. The third kappa shape index (κ3) is 3.07. The predicted octanol–water partition coefficient (Wildman–Crippen LogP) is 1.76. The molecule has 0 bridgehead atoms. The van der Waals surface area contributed by atoms with Gasteiger partial charge in [-0.25, -0.2) is 9.97 Å². The van der Waals surface area contributed by atoms with Gasteiger partial charge in [-0.05, 0) is 30.7 Å². The second-order valence-corrected chi connectivity index (χ2v) is 5.10. The first-order valence-electron chi connectivity index (χ1n) is 7.30. The lowest BCUT2D eigenvalue weighted by Crippen LogP contribution is -2.27. The Bertz CT molecular complexity index is 673. The van der Waals surface area contributed by atoms with Gasteiger partial charge in [-0.15, -0.1) is 0 Å². The van der Waals surface area contributed by atoms with E-state index in [0.717, 1.165) is 31.9 Å². The Kier molecular flexibility index (Phi) is 4.29. The molecule has 0 spiro atoms. The van der Waals surface area contributed by atoms with Crippen molar-refractivity contribution in [2.45, 2.75) is 6.42 Å². The maximum absolute atomic E-state index is 12.5. The van der Waals surface area contributed by atoms with Crippen molar-refractivity contribution in [1.29, 1.82) is 0 Å². The zero-order valence-electron chi connectivity index (χ0n) is 12.2. The van der Waals surface area contributed by atoms with E-state index in [1.807, 2.05) is 12.1 Å². The molecule has 2 aromatic heterocycles. The van der Waals surface area contributed by atoms with Crippen LogP contribution in [-0.2, 0) is 4.74 Å². The molecule has 2 aromatic rings. The lowest BCUT2D eigenvalue weighted by Gasteiger charge is -2.21. The van der Waals surface area contributed by atoms with Crippen molar-refractivity contribution in [2.75, 3.05) is 36.9 Å². The van der Waals surface area contributed by atoms with Crippen LogP contribution in [0.4, 0.5) is 11.6 Å². The van der Waals surface area contributed by atoms with E-state index in [1.165, 1.54) is 0 Å². The lowest BCUT2D eigenvalue weighted by atomic mass is 10.1. The zero-order chi connectivity index (χ0) is 15.4. The topological polar surface area (TPSA) is 81.3 Å². The molecule has 0 amide bonds. The average molecular weight is 300 g/mol. The summed E-state index contributed by atoms with van der Waals surface area (Å²) in [5.41, 5.74) is 6.53. The summed E-state index contributed by atoms with van der Waals surface area (Å²) in [6.07, 6.45) is 2.52. The maximum Gasteiger partial charge on any atom is 0.215 e. The number of hydrogen-bond donors (Lipinski definition) is 1. The number of nitrogens with zero attached hydrogens (tertiary/aromatic N) is 3. The summed E-state index contributed by atoms with van der Waals surface area (Å²) in [5.74, 6) is 0.806. The number of nitrogen functional groups attached to an aromatic ring is 1. The number of hydrogen-bond acceptors (Lipinski definition) is 6. The van der Waals surface area contributed by atoms with Gasteiger partial charge < -0.3 is 15.4 Å². The molecule has 0 saturated carbocycles. The van der Waals surface area contributed by atoms with Gasteiger partial charge in [0.2, 0.25) is 5.78 Å². The van der Waals surface area contributed by atoms with Crippen LogP contribution in [0.25, 0.3) is 0 Å². The number of ketones is 1. The molecule has 6 nitrogen and oxygen atoms in total. The fourth-order valence-electron chi connectivity index (χ4n) is 2.45. The fourth-order valence-corrected chi connectivity index (χ4v) is 2.45. The third-order valence-corrected chi connectivity index (χ3v) is 3.60. The summed E-state index contributed by atoms with van der Waals surface area (Å²) < 4.78 is 5.45. The second-order valence-electron chi connectivity index (χ2n) is 5.10. The van der Waals surface area contributed by atoms with E-state index in [9.17, 15) is 4.79 Å². The Labute approximate surface area is 130 Å². The highest BCUT2D eigenvalue weighted by atomic mass is 16.5. The Morgan fingerprint density at radius 2 is 2.14 bits per heavy atom. The number of anilines is 2. The van der Waals surface area contributed by atoms with Crippen LogP contribution in [-0.4, -0.2) is 42.1 Å². The molecule has 1 aliphatic heterocycles. The summed E-state index contributed by atoms with van der Waals surface area (Å²) in [7, 11) is 0. The van der Waals surface area contributed by atoms with E-state index in [2.05, 4.69) is 14.9 Å². The minimum atomic E-state index is -0.210. The highest BCUT2D eigenvalue weighted by Gasteiger charge is 2.17. The summed E-state index contributed by atoms with van der Waals surface area (Å²) in [4.78, 5) is 23.1. The molecule has 0 atom stereocenters. The van der Waals surface area contributed by atoms with Gasteiger partial charge in [0.15, 0.2) is 0 Å². The fraction of sp³-hybridized carbons (Fsp3) is 0.312. The summed E-state index contributed by atoms with van der Waals surface area (Å²) >= 11 is 0. The van der Waals surface area contributed by atoms with E-state index in [0.29, 0.717) is 17.9 Å². The first-order valence-corrected chi connectivity index (χ1v) is 7.30. The summed E-state index contributed by atoms with van der Waals surface area (Å²) in [6, 6.07) is 8.81. The van der Waals surface area contributed by atoms with Gasteiger partial charge in [0.1, 0.15) is 17.3 Å². The van der Waals surface area contributed by atoms with Crippen LogP contribution in [0, 0.1) is 0 Å². The van der Waals surface area contributed by atoms with E-state index in [4.69, 9.17) is 10.5 Å². The van der Waals surface area contributed by atoms with Crippen molar-refractivity contribution >= 4 is 17.4 Å². The minimum absolute atomic E-state index is 0. The van der Waals surface area contributed by atoms with E-state index < -0.39 is 0 Å². The molecule has 1 fully saturated rings. The summed E-state index contributed by atoms with van der Waals surface area (Å²) in [6.45, 7) is 3.09. The van der Waals surface area contributed by atoms with Gasteiger partial charge in [0.05, 0.1) is 12.2 Å². The normalized spacial score (nSPS) is 15.4. The SMILES string of the molecule is Nc1ncccc1C(=O)c1cccc(N2CCCOCC2)n1.[HH]. The van der Waals surface area contributed by atoms with Crippen molar-refractivity contribution in [3.63, 3.8) is 0 Å². The van der Waals surface area contributed by atoms with Crippen molar-refractivity contribution < 1.29 is 11.0 Å². The number of carbonyl (C=O) groups is 1. The molecule has 0 aromatic carbocycles. The average Bonchev–Trinajstić information content (AvgIpc) is 2.84. The molecule has 6 heteroatoms. The molecule has 116 valence electrons. The van der Waals surface area contributed by atoms with Gasteiger partial charge in [-0.1, -0.05) is 6.07 Å². The van der Waals surface area contributed by atoms with Crippen molar-refractivity contribution in [3.8, 4) is 0 Å². The predicted molar refractivity (Wildman–Crippen MR) is 86.1 cm³/mol. The van der Waals surface area contributed by atoms with E-state index >= 15 is 0 Å². The zero-order valence-corrected chi connectivity index (χ0v) is 12.2. The molecule has 2 N–H and O–H groups in total. The largest absolute Gasteiger partial charge is 0.383 e. The molecular weight excluding hydrogens is 280 g/mol. The molecule has 3 rings (SSSR count). The Hall–Kier alpha value is -2.47. The van der Waals surface area contributed by atoms with Crippen molar-refractivity contribution in [2.24, 2.45) is 0 Å². The Morgan fingerprint density at radius 3 is 3.00 bits per heavy atom. The molecule has 3 heterocycles. The van der Waals surface area contributed by atoms with Crippen molar-refractivity contribution in [3.05, 3.63) is 47.8 Å². The number of ether oxygens (including phenoxy) is 1. The quantitative estimate of drug-likeness (QED) is 0.870. The standard InChI is InChI=1S/C16H18N4O2.H2/c17-16-12(4-2-7-18-16)15(21)13-5-1-6-14(19-13)20-8-3-10-22-11-9-20;/h1-2,4-7H,3,8-11H2,(H2,17,18);1H. The number of nitrogens with two attached hydrogens (primary N) is 1. The maximum atomic E-state index is 12.5. The van der Waals surface area contributed by atoms with E-state index in [-0.39, 0.29) is 13.0 Å². The van der Waals surface area contributed by atoms with Gasteiger partial charge in [-0.2, -0.15) is 0 Å². The molecule has 0 radical (unpaired) electrons. The van der Waals surface area contributed by atoms with Crippen molar-refractivity contribution in [1.82, 2.24) is 9.97 Å². The second kappa shape index (κ2) is 6.53. The van der Waals surface area contributed by atoms with Crippen LogP contribution in [0.2, 0.25) is 0 Å². The van der Waals surface area contributed by atoms with Crippen LogP contribution < -0.4 is 10.6 Å². The van der Waals surface area contributed by atoms with Crippen LogP contribution in [0.15, 0.2) is 36.5 Å². The number of carbonyl (C=O) groups excluding carboxylic acids is 1. The Morgan fingerprint density at radius 1 is 1.23 bits per heavy atom. The molecule has 1 saturated heterocycles. The molecular formula is C16H20N4O2. The minimum Gasteiger partial charge on any atom is -0.383 e. The van der Waals surface area contributed by atoms with Gasteiger partial charge in [0.25, 0.3) is 0 Å². The number of pyridine rings is 2. The van der Waals surface area contributed by atoms with Gasteiger partial charge in [0, 0.05) is 27.3 Å². The van der Waals surface area contributed by atoms with Gasteiger partial charge >= 0.3 is 0 Å². The van der Waals surface area contributed by atoms with Crippen LogP contribution in [0.5, 0.6) is 0 Å². The number of rotatable bonds is 3. The monoisotopic (exact) mass is 300 g/mol. The highest BCUT2D eigenvalue weighted by molar-refractivity contribution is 6.10. The summed E-state index contributed by atoms with van der Waals surface area (Å²) in [5, 5.41) is 0. The first-order chi connectivity index (χ1) is 10.8. The van der Waals surface area contributed by atoms with Gasteiger partial charge in [-0.3, -0.25) is 4.79 Å². The highest BCUT2D eigenvalue weighted by Crippen LogP contribution is 2.17. The Balaban J connectivity index is 0.00000192. The molecule has 22 heavy (non-hydrogen) atoms. The molecule has 0 unspecified atom stereocenters. The molecule has 1 aliphatic rings. The van der Waals surface area contributed by atoms with Crippen LogP contribution in [0.1, 0.15) is 23.9 Å².